The molecule has 4 rings (SSSR count). The molecule has 0 N–H and O–H groups in total. The Morgan fingerprint density at radius 3 is 2.67 bits per heavy atom. The number of fused-ring (bicyclic) bond motifs is 1. The van der Waals surface area contributed by atoms with Crippen molar-refractivity contribution in [3.05, 3.63) is 51.3 Å². The largest absolute Gasteiger partial charge is 0.269 e. The molecular weight excluding hydrogens is 286 g/mol. The van der Waals surface area contributed by atoms with Crippen LogP contribution in [0.5, 0.6) is 0 Å². The molecule has 0 amide bonds. The van der Waals surface area contributed by atoms with E-state index in [9.17, 15) is 4.79 Å². The lowest BCUT2D eigenvalue weighted by molar-refractivity contribution is 0.563. The summed E-state index contributed by atoms with van der Waals surface area (Å²) in [6, 6.07) is 5.10. The Bertz CT molecular complexity index is 743. The van der Waals surface area contributed by atoms with Crippen LogP contribution < -0.4 is 5.56 Å². The molecule has 0 unspecified atom stereocenters. The average molecular weight is 302 g/mol. The van der Waals surface area contributed by atoms with Crippen molar-refractivity contribution < 1.29 is 0 Å². The Labute approximate surface area is 127 Å². The van der Waals surface area contributed by atoms with Gasteiger partial charge in [-0.1, -0.05) is 11.6 Å². The van der Waals surface area contributed by atoms with E-state index >= 15 is 0 Å². The van der Waals surface area contributed by atoms with Gasteiger partial charge < -0.3 is 0 Å². The zero-order valence-corrected chi connectivity index (χ0v) is 12.5. The summed E-state index contributed by atoms with van der Waals surface area (Å²) in [5.41, 5.74) is 0.716. The maximum atomic E-state index is 12.4. The molecule has 3 atom stereocenters. The van der Waals surface area contributed by atoms with Crippen LogP contribution in [0.2, 0.25) is 5.02 Å². The highest BCUT2D eigenvalue weighted by Gasteiger charge is 2.47. The molecule has 0 aliphatic heterocycles. The van der Waals surface area contributed by atoms with Crippen molar-refractivity contribution in [2.24, 2.45) is 11.8 Å². The van der Waals surface area contributed by atoms with Crippen molar-refractivity contribution in [2.75, 3.05) is 0 Å². The second-order valence-corrected chi connectivity index (χ2v) is 6.62. The van der Waals surface area contributed by atoms with Crippen LogP contribution in [0.1, 0.15) is 36.7 Å². The van der Waals surface area contributed by atoms with Gasteiger partial charge in [-0.25, -0.2) is 14.5 Å². The lowest BCUT2D eigenvalue weighted by Gasteiger charge is -2.17. The second-order valence-electron chi connectivity index (χ2n) is 6.19. The topological polar surface area (TPSA) is 47.8 Å². The molecule has 0 saturated heterocycles. The van der Waals surface area contributed by atoms with Crippen molar-refractivity contribution in [1.82, 2.24) is 14.5 Å². The van der Waals surface area contributed by atoms with Gasteiger partial charge in [0.15, 0.2) is 0 Å². The van der Waals surface area contributed by atoms with Crippen molar-refractivity contribution in [2.45, 2.75) is 32.1 Å². The first kappa shape index (κ1) is 13.0. The van der Waals surface area contributed by atoms with Crippen LogP contribution in [0.4, 0.5) is 0 Å². The Balaban J connectivity index is 1.84. The lowest BCUT2D eigenvalue weighted by Crippen LogP contribution is -2.26. The van der Waals surface area contributed by atoms with Gasteiger partial charge in [-0.3, -0.25) is 4.79 Å². The fraction of sp³-hybridized carbons (Fsp3) is 0.438. The summed E-state index contributed by atoms with van der Waals surface area (Å²) in [7, 11) is 0. The highest BCUT2D eigenvalue weighted by molar-refractivity contribution is 6.30. The fourth-order valence-corrected chi connectivity index (χ4v) is 3.66. The molecule has 0 aromatic carbocycles. The van der Waals surface area contributed by atoms with Crippen LogP contribution in [-0.2, 0) is 0 Å². The molecule has 0 radical (unpaired) electrons. The van der Waals surface area contributed by atoms with Gasteiger partial charge in [0.2, 0.25) is 0 Å². The number of nitrogens with zero attached hydrogens (tertiary/aromatic N) is 3. The van der Waals surface area contributed by atoms with Gasteiger partial charge in [-0.15, -0.1) is 0 Å². The second kappa shape index (κ2) is 4.67. The number of halogens is 1. The molecule has 2 heterocycles. The van der Waals surface area contributed by atoms with E-state index in [4.69, 9.17) is 11.6 Å². The third-order valence-corrected chi connectivity index (χ3v) is 4.85. The van der Waals surface area contributed by atoms with E-state index in [2.05, 4.69) is 9.97 Å². The van der Waals surface area contributed by atoms with Gasteiger partial charge in [0, 0.05) is 23.9 Å². The maximum absolute atomic E-state index is 12.4. The lowest BCUT2D eigenvalue weighted by atomic mass is 10.0. The third-order valence-electron chi connectivity index (χ3n) is 4.62. The van der Waals surface area contributed by atoms with Gasteiger partial charge in [0.05, 0.1) is 5.02 Å². The molecule has 0 spiro atoms. The Hall–Kier alpha value is -1.68. The molecule has 108 valence electrons. The van der Waals surface area contributed by atoms with E-state index < -0.39 is 0 Å². The molecule has 0 bridgehead atoms. The molecule has 2 aromatic rings. The zero-order chi connectivity index (χ0) is 14.6. The molecule has 2 aliphatic rings. The number of hydrogen-bond donors (Lipinski definition) is 0. The van der Waals surface area contributed by atoms with E-state index in [0.717, 1.165) is 36.2 Å². The maximum Gasteiger partial charge on any atom is 0.259 e. The van der Waals surface area contributed by atoms with Crippen LogP contribution in [0.25, 0.3) is 5.82 Å². The van der Waals surface area contributed by atoms with E-state index in [1.54, 1.807) is 29.0 Å². The van der Waals surface area contributed by atoms with Gasteiger partial charge >= 0.3 is 0 Å². The predicted molar refractivity (Wildman–Crippen MR) is 80.9 cm³/mol. The van der Waals surface area contributed by atoms with E-state index in [-0.39, 0.29) is 5.56 Å². The van der Waals surface area contributed by atoms with Gasteiger partial charge in [-0.05, 0) is 50.2 Å². The standard InChI is InChI=1S/C16H16ClN3O/c1-9-4-15(21)20(14-3-2-13(17)8-18-14)16(19-9)12-6-10-5-11(10)7-12/h2-4,8,10-12H,5-7H2,1H3/t10-,11+,12+. The molecule has 2 aliphatic carbocycles. The molecule has 2 saturated carbocycles. The van der Waals surface area contributed by atoms with Crippen LogP contribution in [0.3, 0.4) is 0 Å². The predicted octanol–water partition coefficient (Wildman–Crippen LogP) is 3.10. The number of pyridine rings is 1. The third kappa shape index (κ3) is 2.27. The highest BCUT2D eigenvalue weighted by Crippen LogP contribution is 2.57. The van der Waals surface area contributed by atoms with E-state index in [1.807, 2.05) is 6.92 Å². The van der Waals surface area contributed by atoms with E-state index in [1.165, 1.54) is 6.42 Å². The van der Waals surface area contributed by atoms with Gasteiger partial charge in [0.25, 0.3) is 5.56 Å². The molecule has 21 heavy (non-hydrogen) atoms. The molecule has 4 nitrogen and oxygen atoms in total. The minimum absolute atomic E-state index is 0.0621. The van der Waals surface area contributed by atoms with Crippen molar-refractivity contribution in [1.29, 1.82) is 0 Å². The Morgan fingerprint density at radius 1 is 1.24 bits per heavy atom. The average Bonchev–Trinajstić information content (AvgIpc) is 3.06. The summed E-state index contributed by atoms with van der Waals surface area (Å²) in [5, 5.41) is 0.565. The number of aromatic nitrogens is 3. The summed E-state index contributed by atoms with van der Waals surface area (Å²) >= 11 is 5.89. The molecule has 2 aromatic heterocycles. The minimum Gasteiger partial charge on any atom is -0.269 e. The summed E-state index contributed by atoms with van der Waals surface area (Å²) < 4.78 is 1.65. The number of hydrogen-bond acceptors (Lipinski definition) is 3. The first-order chi connectivity index (χ1) is 10.1. The highest BCUT2D eigenvalue weighted by atomic mass is 35.5. The van der Waals surface area contributed by atoms with Crippen molar-refractivity contribution >= 4 is 11.6 Å². The molecule has 5 heteroatoms. The normalized spacial score (nSPS) is 26.7. The van der Waals surface area contributed by atoms with Crippen molar-refractivity contribution in [3.8, 4) is 5.82 Å². The monoisotopic (exact) mass is 301 g/mol. The summed E-state index contributed by atoms with van der Waals surface area (Å²) in [4.78, 5) is 21.4. The summed E-state index contributed by atoms with van der Waals surface area (Å²) in [5.74, 6) is 3.53. The Morgan fingerprint density at radius 2 is 2.00 bits per heavy atom. The molecule has 2 fully saturated rings. The zero-order valence-electron chi connectivity index (χ0n) is 11.8. The van der Waals surface area contributed by atoms with Gasteiger partial charge in [-0.2, -0.15) is 0 Å². The van der Waals surface area contributed by atoms with Crippen LogP contribution >= 0.6 is 11.6 Å². The number of aryl methyl sites for hydroxylation is 1. The minimum atomic E-state index is -0.0621. The number of rotatable bonds is 2. The Kier molecular flexibility index (Phi) is 2.89. The summed E-state index contributed by atoms with van der Waals surface area (Å²) in [6.07, 6.45) is 5.22. The quantitative estimate of drug-likeness (QED) is 0.856. The van der Waals surface area contributed by atoms with E-state index in [0.29, 0.717) is 16.8 Å². The SMILES string of the molecule is Cc1cc(=O)n(-c2ccc(Cl)cn2)c([C@@H]2C[C@@H]3C[C@@H]3C2)n1. The van der Waals surface area contributed by atoms with Crippen LogP contribution in [0, 0.1) is 18.8 Å². The summed E-state index contributed by atoms with van der Waals surface area (Å²) in [6.45, 7) is 1.88. The fourth-order valence-electron chi connectivity index (χ4n) is 3.55. The van der Waals surface area contributed by atoms with Crippen molar-refractivity contribution in [3.63, 3.8) is 0 Å². The first-order valence-corrected chi connectivity index (χ1v) is 7.72. The van der Waals surface area contributed by atoms with Gasteiger partial charge in [0.1, 0.15) is 11.6 Å². The van der Waals surface area contributed by atoms with Crippen LogP contribution in [-0.4, -0.2) is 14.5 Å². The smallest absolute Gasteiger partial charge is 0.259 e. The van der Waals surface area contributed by atoms with Crippen LogP contribution in [0.15, 0.2) is 29.2 Å². The molecular formula is C16H16ClN3O. The first-order valence-electron chi connectivity index (χ1n) is 7.34.